The normalized spacial score (nSPS) is 15.4. The number of hydrogen-bond donors (Lipinski definition) is 1. The number of hydrogen-bond acceptors (Lipinski definition) is 4. The van der Waals surface area contributed by atoms with Gasteiger partial charge in [0.15, 0.2) is 5.69 Å². The van der Waals surface area contributed by atoms with Crippen LogP contribution in [0, 0.1) is 0 Å². The highest BCUT2D eigenvalue weighted by Gasteiger charge is 2.34. The van der Waals surface area contributed by atoms with Crippen LogP contribution in [0.25, 0.3) is 16.9 Å². The molecule has 0 aliphatic carbocycles. The zero-order valence-corrected chi connectivity index (χ0v) is 15.2. The second-order valence-electron chi connectivity index (χ2n) is 6.18. The Morgan fingerprint density at radius 1 is 1.27 bits per heavy atom. The Hall–Kier alpha value is -2.80. The van der Waals surface area contributed by atoms with Crippen LogP contribution in [0.4, 0.5) is 0 Å². The highest BCUT2D eigenvalue weighted by Crippen LogP contribution is 2.51. The molecule has 0 amide bonds. The van der Waals surface area contributed by atoms with Crippen molar-refractivity contribution >= 4 is 17.7 Å². The first-order valence-electron chi connectivity index (χ1n) is 8.30. The summed E-state index contributed by atoms with van der Waals surface area (Å²) < 4.78 is 3.12. The summed E-state index contributed by atoms with van der Waals surface area (Å²) in [6.07, 6.45) is 2.47. The maximum absolute atomic E-state index is 11.9. The first-order chi connectivity index (χ1) is 12.5. The van der Waals surface area contributed by atoms with Gasteiger partial charge in [-0.2, -0.15) is 5.10 Å². The van der Waals surface area contributed by atoms with Gasteiger partial charge in [0.1, 0.15) is 0 Å². The van der Waals surface area contributed by atoms with Gasteiger partial charge in [-0.1, -0.05) is 25.1 Å². The topological polar surface area (TPSA) is 77.1 Å². The molecule has 1 atom stereocenters. The number of aromatic carboxylic acids is 1. The Morgan fingerprint density at radius 3 is 2.73 bits per heavy atom. The van der Waals surface area contributed by atoms with Gasteiger partial charge in [0.05, 0.1) is 11.4 Å². The zero-order chi connectivity index (χ0) is 18.4. The summed E-state index contributed by atoms with van der Waals surface area (Å²) in [5.74, 6) is -1.04. The molecule has 0 saturated heterocycles. The van der Waals surface area contributed by atoms with Crippen molar-refractivity contribution in [2.24, 2.45) is 7.05 Å². The van der Waals surface area contributed by atoms with Crippen molar-refractivity contribution in [1.82, 2.24) is 14.3 Å². The van der Waals surface area contributed by atoms with Crippen LogP contribution in [-0.4, -0.2) is 25.4 Å². The van der Waals surface area contributed by atoms with E-state index >= 15 is 0 Å². The standard InChI is InChI=1S/C19H17N3O3S/c1-3-13-16-17(19(24)25)20-22(11-8-9-15(23)21(2)10-11)18(16)12-6-4-5-7-14(12)26-13/h4-10,13H,3H2,1-2H3,(H,24,25). The number of carbonyl (C=O) groups is 1. The molecule has 3 aromatic rings. The van der Waals surface area contributed by atoms with E-state index in [1.54, 1.807) is 35.8 Å². The summed E-state index contributed by atoms with van der Waals surface area (Å²) in [5.41, 5.74) is 3.11. The van der Waals surface area contributed by atoms with Crippen LogP contribution >= 0.6 is 11.8 Å². The molecule has 0 bridgehead atoms. The number of nitrogens with zero attached hydrogens (tertiary/aromatic N) is 3. The maximum atomic E-state index is 11.9. The van der Waals surface area contributed by atoms with Crippen molar-refractivity contribution in [1.29, 1.82) is 0 Å². The number of aryl methyl sites for hydroxylation is 1. The molecule has 1 aliphatic heterocycles. The number of carboxylic acids is 1. The van der Waals surface area contributed by atoms with Gasteiger partial charge in [-0.15, -0.1) is 11.8 Å². The molecule has 0 radical (unpaired) electrons. The fourth-order valence-electron chi connectivity index (χ4n) is 3.31. The molecule has 1 aromatic carbocycles. The molecule has 26 heavy (non-hydrogen) atoms. The zero-order valence-electron chi connectivity index (χ0n) is 14.3. The summed E-state index contributed by atoms with van der Waals surface area (Å²) >= 11 is 1.67. The summed E-state index contributed by atoms with van der Waals surface area (Å²) in [6.45, 7) is 2.05. The van der Waals surface area contributed by atoms with E-state index in [1.165, 1.54) is 10.6 Å². The molecule has 4 rings (SSSR count). The number of pyridine rings is 1. The summed E-state index contributed by atoms with van der Waals surface area (Å²) in [4.78, 5) is 24.7. The molecule has 0 fully saturated rings. The van der Waals surface area contributed by atoms with E-state index in [1.807, 2.05) is 31.2 Å². The van der Waals surface area contributed by atoms with Gasteiger partial charge >= 0.3 is 5.97 Å². The smallest absolute Gasteiger partial charge is 0.356 e. The van der Waals surface area contributed by atoms with Crippen LogP contribution in [0.5, 0.6) is 0 Å². The molecular weight excluding hydrogens is 350 g/mol. The number of aromatic nitrogens is 3. The SMILES string of the molecule is CCC1Sc2ccccc2-c2c1c(C(=O)O)nn2-c1ccc(=O)n(C)c1. The van der Waals surface area contributed by atoms with E-state index in [9.17, 15) is 14.7 Å². The van der Waals surface area contributed by atoms with Crippen molar-refractivity contribution in [3.05, 3.63) is 64.2 Å². The van der Waals surface area contributed by atoms with Gasteiger partial charge in [0.25, 0.3) is 0 Å². The average Bonchev–Trinajstić information content (AvgIpc) is 3.04. The predicted molar refractivity (Wildman–Crippen MR) is 100 cm³/mol. The lowest BCUT2D eigenvalue weighted by molar-refractivity contribution is 0.0688. The third-order valence-corrected chi connectivity index (χ3v) is 6.01. The Morgan fingerprint density at radius 2 is 2.04 bits per heavy atom. The Bertz CT molecular complexity index is 1080. The molecule has 3 heterocycles. The van der Waals surface area contributed by atoms with Crippen molar-refractivity contribution in [2.75, 3.05) is 0 Å². The Kier molecular flexibility index (Phi) is 3.96. The average molecular weight is 367 g/mol. The number of fused-ring (bicyclic) bond motifs is 3. The van der Waals surface area contributed by atoms with Crippen LogP contribution in [0.15, 0.2) is 52.3 Å². The quantitative estimate of drug-likeness (QED) is 0.767. The van der Waals surface area contributed by atoms with E-state index in [0.29, 0.717) is 5.69 Å². The molecule has 2 aromatic heterocycles. The fraction of sp³-hybridized carbons (Fsp3) is 0.211. The van der Waals surface area contributed by atoms with E-state index in [0.717, 1.165) is 28.1 Å². The van der Waals surface area contributed by atoms with Gasteiger partial charge in [0.2, 0.25) is 5.56 Å². The minimum absolute atomic E-state index is 0.0206. The first-order valence-corrected chi connectivity index (χ1v) is 9.18. The van der Waals surface area contributed by atoms with Crippen molar-refractivity contribution in [3.63, 3.8) is 0 Å². The second kappa shape index (κ2) is 6.17. The minimum Gasteiger partial charge on any atom is -0.476 e. The highest BCUT2D eigenvalue weighted by atomic mass is 32.2. The number of benzene rings is 1. The molecule has 1 aliphatic rings. The van der Waals surface area contributed by atoms with Gasteiger partial charge in [0, 0.05) is 40.6 Å². The third-order valence-electron chi connectivity index (χ3n) is 4.54. The fourth-order valence-corrected chi connectivity index (χ4v) is 4.57. The van der Waals surface area contributed by atoms with Crippen LogP contribution in [0.3, 0.4) is 0 Å². The van der Waals surface area contributed by atoms with Gasteiger partial charge in [-0.25, -0.2) is 9.48 Å². The van der Waals surface area contributed by atoms with Crippen LogP contribution in [0.2, 0.25) is 0 Å². The van der Waals surface area contributed by atoms with Gasteiger partial charge in [-0.3, -0.25) is 4.79 Å². The third kappa shape index (κ3) is 2.47. The predicted octanol–water partition coefficient (Wildman–Crippen LogP) is 3.49. The van der Waals surface area contributed by atoms with Crippen molar-refractivity contribution in [2.45, 2.75) is 23.5 Å². The van der Waals surface area contributed by atoms with Crippen LogP contribution in [-0.2, 0) is 7.05 Å². The van der Waals surface area contributed by atoms with E-state index in [2.05, 4.69) is 5.10 Å². The van der Waals surface area contributed by atoms with Crippen molar-refractivity contribution in [3.8, 4) is 16.9 Å². The van der Waals surface area contributed by atoms with Gasteiger partial charge in [-0.05, 0) is 18.6 Å². The molecule has 7 heteroatoms. The largest absolute Gasteiger partial charge is 0.476 e. The molecule has 0 spiro atoms. The van der Waals surface area contributed by atoms with Gasteiger partial charge < -0.3 is 9.67 Å². The Balaban J connectivity index is 2.07. The van der Waals surface area contributed by atoms with E-state index in [4.69, 9.17) is 0 Å². The lowest BCUT2D eigenvalue weighted by Gasteiger charge is -2.24. The lowest BCUT2D eigenvalue weighted by atomic mass is 10.00. The molecule has 0 saturated carbocycles. The highest BCUT2D eigenvalue weighted by molar-refractivity contribution is 7.99. The van der Waals surface area contributed by atoms with E-state index in [-0.39, 0.29) is 16.5 Å². The summed E-state index contributed by atoms with van der Waals surface area (Å²) in [6, 6.07) is 11.1. The number of carboxylic acid groups (broad SMARTS) is 1. The number of rotatable bonds is 3. The molecule has 1 unspecified atom stereocenters. The van der Waals surface area contributed by atoms with Crippen LogP contribution < -0.4 is 5.56 Å². The molecular formula is C19H17N3O3S. The van der Waals surface area contributed by atoms with Crippen LogP contribution in [0.1, 0.15) is 34.6 Å². The molecule has 132 valence electrons. The maximum Gasteiger partial charge on any atom is 0.356 e. The Labute approximate surface area is 154 Å². The lowest BCUT2D eigenvalue weighted by Crippen LogP contribution is -2.16. The van der Waals surface area contributed by atoms with Crippen molar-refractivity contribution < 1.29 is 9.90 Å². The molecule has 6 nitrogen and oxygen atoms in total. The minimum atomic E-state index is -1.04. The monoisotopic (exact) mass is 367 g/mol. The first kappa shape index (κ1) is 16.7. The second-order valence-corrected chi connectivity index (χ2v) is 7.42. The number of thioether (sulfide) groups is 1. The molecule has 1 N–H and O–H groups in total. The van der Waals surface area contributed by atoms with E-state index < -0.39 is 5.97 Å². The summed E-state index contributed by atoms with van der Waals surface area (Å²) in [5, 5.41) is 14.2. The summed E-state index contributed by atoms with van der Waals surface area (Å²) in [7, 11) is 1.67.